The predicted molar refractivity (Wildman–Crippen MR) is 120 cm³/mol. The minimum Gasteiger partial charge on any atom is -0.486 e. The summed E-state index contributed by atoms with van der Waals surface area (Å²) in [6.45, 7) is 9.07. The molecule has 7 nitrogen and oxygen atoms in total. The minimum atomic E-state index is -0.271. The lowest BCUT2D eigenvalue weighted by Crippen LogP contribution is -2.35. The van der Waals surface area contributed by atoms with Gasteiger partial charge < -0.3 is 20.1 Å². The van der Waals surface area contributed by atoms with Crippen LogP contribution in [0.25, 0.3) is 5.69 Å². The van der Waals surface area contributed by atoms with Gasteiger partial charge in [-0.2, -0.15) is 5.10 Å². The van der Waals surface area contributed by atoms with Crippen LogP contribution in [0.4, 0.5) is 10.5 Å². The van der Waals surface area contributed by atoms with Crippen molar-refractivity contribution in [2.45, 2.75) is 33.7 Å². The summed E-state index contributed by atoms with van der Waals surface area (Å²) in [7, 11) is 0. The van der Waals surface area contributed by atoms with E-state index in [1.165, 1.54) is 0 Å². The van der Waals surface area contributed by atoms with E-state index in [0.717, 1.165) is 28.4 Å². The predicted octanol–water partition coefficient (Wildman–Crippen LogP) is 4.78. The lowest BCUT2D eigenvalue weighted by Gasteiger charge is -2.25. The molecule has 1 aliphatic rings. The molecule has 31 heavy (non-hydrogen) atoms. The van der Waals surface area contributed by atoms with E-state index < -0.39 is 0 Å². The maximum atomic E-state index is 12.9. The zero-order chi connectivity index (χ0) is 22.0. The first-order chi connectivity index (χ1) is 14.9. The highest BCUT2D eigenvalue weighted by Gasteiger charge is 2.23. The van der Waals surface area contributed by atoms with E-state index in [-0.39, 0.29) is 18.0 Å². The highest BCUT2D eigenvalue weighted by molar-refractivity contribution is 5.91. The number of aromatic nitrogens is 2. The lowest BCUT2D eigenvalue weighted by molar-refractivity contribution is 0.171. The van der Waals surface area contributed by atoms with Gasteiger partial charge in [-0.15, -0.1) is 0 Å². The van der Waals surface area contributed by atoms with Crippen molar-refractivity contribution in [3.63, 3.8) is 0 Å². The second-order valence-corrected chi connectivity index (χ2v) is 8.02. The number of rotatable bonds is 5. The number of hydrogen-bond acceptors (Lipinski definition) is 4. The number of nitrogens with one attached hydrogen (secondary N) is 2. The van der Waals surface area contributed by atoms with Crippen molar-refractivity contribution in [3.8, 4) is 17.2 Å². The number of benzene rings is 2. The fourth-order valence-corrected chi connectivity index (χ4v) is 3.82. The van der Waals surface area contributed by atoms with Crippen molar-refractivity contribution < 1.29 is 14.3 Å². The van der Waals surface area contributed by atoms with Crippen molar-refractivity contribution >= 4 is 11.7 Å². The van der Waals surface area contributed by atoms with Crippen molar-refractivity contribution in [2.24, 2.45) is 5.92 Å². The highest BCUT2D eigenvalue weighted by atomic mass is 16.6. The third-order valence-electron chi connectivity index (χ3n) is 5.41. The van der Waals surface area contributed by atoms with E-state index in [9.17, 15) is 4.79 Å². The molecule has 0 spiro atoms. The third-order valence-corrected chi connectivity index (χ3v) is 5.41. The molecule has 0 aliphatic carbocycles. The number of fused-ring (bicyclic) bond motifs is 1. The van der Waals surface area contributed by atoms with Crippen LogP contribution in [0.2, 0.25) is 0 Å². The largest absolute Gasteiger partial charge is 0.486 e. The third kappa shape index (κ3) is 4.35. The molecular weight excluding hydrogens is 392 g/mol. The van der Waals surface area contributed by atoms with Crippen molar-refractivity contribution in [2.75, 3.05) is 18.5 Å². The van der Waals surface area contributed by atoms with Gasteiger partial charge >= 0.3 is 6.03 Å². The quantitative estimate of drug-likeness (QED) is 0.623. The van der Waals surface area contributed by atoms with E-state index in [4.69, 9.17) is 9.47 Å². The Kier molecular flexibility index (Phi) is 5.84. The van der Waals surface area contributed by atoms with Crippen molar-refractivity contribution in [1.82, 2.24) is 15.1 Å². The molecule has 4 rings (SSSR count). The zero-order valence-corrected chi connectivity index (χ0v) is 18.3. The summed E-state index contributed by atoms with van der Waals surface area (Å²) in [5.41, 5.74) is 4.28. The van der Waals surface area contributed by atoms with E-state index >= 15 is 0 Å². The maximum Gasteiger partial charge on any atom is 0.319 e. The molecule has 2 aromatic carbocycles. The fourth-order valence-electron chi connectivity index (χ4n) is 3.82. The van der Waals surface area contributed by atoms with Gasteiger partial charge in [-0.3, -0.25) is 0 Å². The Labute approximate surface area is 182 Å². The van der Waals surface area contributed by atoms with E-state index in [1.807, 2.05) is 67.1 Å². The Morgan fingerprint density at radius 2 is 1.74 bits per heavy atom. The molecule has 0 saturated carbocycles. The molecule has 0 radical (unpaired) electrons. The Hall–Kier alpha value is -3.48. The number of urea groups is 1. The summed E-state index contributed by atoms with van der Waals surface area (Å²) in [5.74, 6) is 1.64. The van der Waals surface area contributed by atoms with Crippen LogP contribution in [-0.2, 0) is 0 Å². The Morgan fingerprint density at radius 3 is 2.45 bits per heavy atom. The molecule has 2 amide bonds. The summed E-state index contributed by atoms with van der Waals surface area (Å²) in [4.78, 5) is 12.9. The summed E-state index contributed by atoms with van der Waals surface area (Å²) < 4.78 is 13.2. The molecule has 0 saturated heterocycles. The van der Waals surface area contributed by atoms with Crippen LogP contribution in [-0.4, -0.2) is 29.0 Å². The molecule has 1 unspecified atom stereocenters. The molecule has 7 heteroatoms. The number of hydrogen-bond donors (Lipinski definition) is 2. The average molecular weight is 421 g/mol. The number of para-hydroxylation sites is 1. The van der Waals surface area contributed by atoms with E-state index in [2.05, 4.69) is 29.6 Å². The normalized spacial score (nSPS) is 13.7. The Morgan fingerprint density at radius 1 is 1.03 bits per heavy atom. The maximum absolute atomic E-state index is 12.9. The summed E-state index contributed by atoms with van der Waals surface area (Å²) in [6, 6.07) is 15.2. The number of carbonyl (C=O) groups is 1. The number of nitrogens with zero attached hydrogens (tertiary/aromatic N) is 2. The van der Waals surface area contributed by atoms with Crippen LogP contribution in [0.15, 0.2) is 48.5 Å². The summed E-state index contributed by atoms with van der Waals surface area (Å²) >= 11 is 0. The molecule has 0 bridgehead atoms. The van der Waals surface area contributed by atoms with Gasteiger partial charge in [0.2, 0.25) is 0 Å². The minimum absolute atomic E-state index is 0.180. The van der Waals surface area contributed by atoms with Gasteiger partial charge in [0.1, 0.15) is 13.2 Å². The van der Waals surface area contributed by atoms with E-state index in [0.29, 0.717) is 24.7 Å². The SMILES string of the molecule is Cc1nn(-c2ccccc2)c(C)c1NC(=O)NC(c1ccc2c(c1)OCCO2)C(C)C. The van der Waals surface area contributed by atoms with Crippen LogP contribution >= 0.6 is 0 Å². The molecule has 1 atom stereocenters. The van der Waals surface area contributed by atoms with Crippen molar-refractivity contribution in [3.05, 3.63) is 65.5 Å². The second-order valence-electron chi connectivity index (χ2n) is 8.02. The highest BCUT2D eigenvalue weighted by Crippen LogP contribution is 2.34. The standard InChI is InChI=1S/C24H28N4O3/c1-15(2)22(18-10-11-20-21(14-18)31-13-12-30-20)25-24(29)26-23-16(3)27-28(17(23)4)19-8-6-5-7-9-19/h5-11,14-15,22H,12-13H2,1-4H3,(H2,25,26,29). The molecule has 3 aromatic rings. The van der Waals surface area contributed by atoms with Gasteiger partial charge in [-0.25, -0.2) is 9.48 Å². The molecule has 1 aromatic heterocycles. The van der Waals surface area contributed by atoms with Gasteiger partial charge in [0.25, 0.3) is 0 Å². The number of ether oxygens (including phenoxy) is 2. The molecule has 162 valence electrons. The topological polar surface area (TPSA) is 77.4 Å². The van der Waals surface area contributed by atoms with Crippen LogP contribution in [0, 0.1) is 19.8 Å². The smallest absolute Gasteiger partial charge is 0.319 e. The molecule has 2 N–H and O–H groups in total. The van der Waals surface area contributed by atoms with Gasteiger partial charge in [-0.1, -0.05) is 38.1 Å². The second kappa shape index (κ2) is 8.71. The first-order valence-electron chi connectivity index (χ1n) is 10.5. The molecular formula is C24H28N4O3. The Balaban J connectivity index is 1.53. The van der Waals surface area contributed by atoms with Crippen LogP contribution in [0.1, 0.15) is 36.8 Å². The molecule has 0 fully saturated rings. The van der Waals surface area contributed by atoms with Crippen LogP contribution in [0.3, 0.4) is 0 Å². The number of anilines is 1. The van der Waals surface area contributed by atoms with Gasteiger partial charge in [0.05, 0.1) is 28.8 Å². The van der Waals surface area contributed by atoms with E-state index in [1.54, 1.807) is 0 Å². The molecule has 1 aliphatic heterocycles. The number of aryl methyl sites for hydroxylation is 1. The van der Waals surface area contributed by atoms with Gasteiger partial charge in [-0.05, 0) is 49.6 Å². The number of amides is 2. The fraction of sp³-hybridized carbons (Fsp3) is 0.333. The van der Waals surface area contributed by atoms with Gasteiger partial charge in [0, 0.05) is 0 Å². The lowest BCUT2D eigenvalue weighted by atomic mass is 9.95. The summed E-state index contributed by atoms with van der Waals surface area (Å²) in [5, 5.41) is 10.7. The Bertz CT molecular complexity index is 1080. The first-order valence-corrected chi connectivity index (χ1v) is 10.5. The monoisotopic (exact) mass is 420 g/mol. The zero-order valence-electron chi connectivity index (χ0n) is 18.3. The summed E-state index contributed by atoms with van der Waals surface area (Å²) in [6.07, 6.45) is 0. The average Bonchev–Trinajstić information content (AvgIpc) is 3.06. The number of carbonyl (C=O) groups excluding carboxylic acids is 1. The first kappa shape index (κ1) is 20.8. The van der Waals surface area contributed by atoms with Crippen LogP contribution < -0.4 is 20.1 Å². The van der Waals surface area contributed by atoms with Crippen LogP contribution in [0.5, 0.6) is 11.5 Å². The molecule has 2 heterocycles. The van der Waals surface area contributed by atoms with Crippen molar-refractivity contribution in [1.29, 1.82) is 0 Å². The van der Waals surface area contributed by atoms with Gasteiger partial charge in [0.15, 0.2) is 11.5 Å².